The van der Waals surface area contributed by atoms with Crippen molar-refractivity contribution < 1.29 is 4.79 Å². The molecule has 0 aliphatic heterocycles. The molecule has 28 heavy (non-hydrogen) atoms. The molecule has 0 radical (unpaired) electrons. The van der Waals surface area contributed by atoms with Gasteiger partial charge in [-0.3, -0.25) is 9.20 Å². The van der Waals surface area contributed by atoms with E-state index in [1.165, 1.54) is 5.56 Å². The zero-order valence-corrected chi connectivity index (χ0v) is 16.2. The second-order valence-corrected chi connectivity index (χ2v) is 7.75. The number of fused-ring (bicyclic) bond motifs is 1. The van der Waals surface area contributed by atoms with Gasteiger partial charge in [0.05, 0.1) is 0 Å². The minimum Gasteiger partial charge on any atom is -0.306 e. The first kappa shape index (κ1) is 17.9. The lowest BCUT2D eigenvalue weighted by atomic mass is 9.87. The minimum atomic E-state index is -0.178. The van der Waals surface area contributed by atoms with Gasteiger partial charge in [-0.25, -0.2) is 9.97 Å². The minimum absolute atomic E-state index is 0.0445. The zero-order chi connectivity index (χ0) is 19.7. The van der Waals surface area contributed by atoms with Crippen LogP contribution in [0.2, 0.25) is 0 Å². The second kappa shape index (κ2) is 6.93. The first-order valence-electron chi connectivity index (χ1n) is 9.24. The van der Waals surface area contributed by atoms with Gasteiger partial charge in [0.25, 0.3) is 5.91 Å². The van der Waals surface area contributed by atoms with E-state index >= 15 is 0 Å². The molecule has 2 heterocycles. The number of benzene rings is 2. The number of nitrogens with one attached hydrogen (secondary N) is 1. The lowest BCUT2D eigenvalue weighted by Crippen LogP contribution is -2.15. The maximum atomic E-state index is 12.9. The Hall–Kier alpha value is -3.47. The van der Waals surface area contributed by atoms with E-state index in [2.05, 4.69) is 36.1 Å². The monoisotopic (exact) mass is 370 g/mol. The number of rotatable bonds is 3. The Bertz CT molecular complexity index is 1120. The molecule has 1 N–H and O–H groups in total. The summed E-state index contributed by atoms with van der Waals surface area (Å²) in [6.45, 7) is 6.46. The van der Waals surface area contributed by atoms with E-state index in [0.29, 0.717) is 22.9 Å². The van der Waals surface area contributed by atoms with Crippen LogP contribution in [0.5, 0.6) is 0 Å². The van der Waals surface area contributed by atoms with E-state index in [9.17, 15) is 4.79 Å². The summed E-state index contributed by atoms with van der Waals surface area (Å²) >= 11 is 0. The molecule has 1 amide bonds. The van der Waals surface area contributed by atoms with Crippen molar-refractivity contribution in [1.29, 1.82) is 0 Å². The zero-order valence-electron chi connectivity index (χ0n) is 16.2. The topological polar surface area (TPSA) is 59.3 Å². The summed E-state index contributed by atoms with van der Waals surface area (Å²) in [5.41, 5.74) is 3.45. The molecule has 0 bridgehead atoms. The van der Waals surface area contributed by atoms with Crippen LogP contribution in [0.4, 0.5) is 5.82 Å². The normalized spacial score (nSPS) is 11.5. The van der Waals surface area contributed by atoms with Crippen LogP contribution >= 0.6 is 0 Å². The summed E-state index contributed by atoms with van der Waals surface area (Å²) in [6.07, 6.45) is 3.54. The summed E-state index contributed by atoms with van der Waals surface area (Å²) in [5, 5.41) is 3.03. The molecule has 0 saturated carbocycles. The summed E-state index contributed by atoms with van der Waals surface area (Å²) in [5.74, 6) is 0.974. The van der Waals surface area contributed by atoms with Gasteiger partial charge < -0.3 is 5.32 Å². The van der Waals surface area contributed by atoms with Crippen molar-refractivity contribution >= 4 is 17.5 Å². The van der Waals surface area contributed by atoms with Gasteiger partial charge >= 0.3 is 0 Å². The molecule has 2 aromatic carbocycles. The number of anilines is 1. The molecule has 0 fully saturated rings. The van der Waals surface area contributed by atoms with Crippen molar-refractivity contribution in [2.45, 2.75) is 26.2 Å². The maximum Gasteiger partial charge on any atom is 0.256 e. The fraction of sp³-hybridized carbons (Fsp3) is 0.174. The summed E-state index contributed by atoms with van der Waals surface area (Å²) < 4.78 is 1.80. The molecule has 5 nitrogen and oxygen atoms in total. The van der Waals surface area contributed by atoms with Crippen LogP contribution < -0.4 is 5.32 Å². The number of amides is 1. The SMILES string of the molecule is CC(C)(C)c1ccc(C(=O)Nc2c(-c3ccccc3)nc3ncccn23)cc1. The Morgan fingerprint density at radius 3 is 2.36 bits per heavy atom. The summed E-state index contributed by atoms with van der Waals surface area (Å²) in [4.78, 5) is 21.8. The molecule has 140 valence electrons. The van der Waals surface area contributed by atoms with Crippen LogP contribution in [0.3, 0.4) is 0 Å². The molecule has 0 spiro atoms. The van der Waals surface area contributed by atoms with Gasteiger partial charge in [-0.2, -0.15) is 0 Å². The fourth-order valence-electron chi connectivity index (χ4n) is 3.11. The fourth-order valence-corrected chi connectivity index (χ4v) is 3.11. The third-order valence-corrected chi connectivity index (χ3v) is 4.70. The molecule has 0 atom stereocenters. The van der Waals surface area contributed by atoms with Crippen LogP contribution in [-0.4, -0.2) is 20.3 Å². The molecule has 0 aliphatic carbocycles. The molecule has 5 heteroatoms. The van der Waals surface area contributed by atoms with Crippen molar-refractivity contribution in [3.8, 4) is 11.3 Å². The van der Waals surface area contributed by atoms with Crippen LogP contribution in [0.15, 0.2) is 73.1 Å². The van der Waals surface area contributed by atoms with Crippen LogP contribution in [-0.2, 0) is 5.41 Å². The first-order chi connectivity index (χ1) is 13.4. The highest BCUT2D eigenvalue weighted by atomic mass is 16.1. The van der Waals surface area contributed by atoms with Gasteiger partial charge in [0.2, 0.25) is 5.78 Å². The van der Waals surface area contributed by atoms with E-state index in [1.807, 2.05) is 66.9 Å². The number of nitrogens with zero attached hydrogens (tertiary/aromatic N) is 3. The molecular formula is C23H22N4O. The number of carbonyl (C=O) groups excluding carboxylic acids is 1. The van der Waals surface area contributed by atoms with E-state index in [4.69, 9.17) is 0 Å². The molecule has 0 aliphatic rings. The maximum absolute atomic E-state index is 12.9. The Kier molecular flexibility index (Phi) is 4.43. The predicted octanol–water partition coefficient (Wildman–Crippen LogP) is 4.95. The van der Waals surface area contributed by atoms with E-state index in [1.54, 1.807) is 10.6 Å². The van der Waals surface area contributed by atoms with Crippen molar-refractivity contribution in [3.63, 3.8) is 0 Å². The number of aromatic nitrogens is 3. The summed E-state index contributed by atoms with van der Waals surface area (Å²) in [7, 11) is 0. The second-order valence-electron chi connectivity index (χ2n) is 7.75. The van der Waals surface area contributed by atoms with E-state index in [-0.39, 0.29) is 11.3 Å². The van der Waals surface area contributed by atoms with Gasteiger partial charge in [-0.05, 0) is 29.2 Å². The van der Waals surface area contributed by atoms with Crippen LogP contribution in [0.1, 0.15) is 36.7 Å². The number of hydrogen-bond acceptors (Lipinski definition) is 3. The van der Waals surface area contributed by atoms with Crippen molar-refractivity contribution in [2.24, 2.45) is 0 Å². The van der Waals surface area contributed by atoms with Gasteiger partial charge in [-0.15, -0.1) is 0 Å². The van der Waals surface area contributed by atoms with Crippen molar-refractivity contribution in [3.05, 3.63) is 84.2 Å². The average Bonchev–Trinajstić information content (AvgIpc) is 3.06. The van der Waals surface area contributed by atoms with E-state index in [0.717, 1.165) is 5.56 Å². The number of hydrogen-bond donors (Lipinski definition) is 1. The Balaban J connectivity index is 1.72. The van der Waals surface area contributed by atoms with Gasteiger partial charge in [0.15, 0.2) is 0 Å². The quantitative estimate of drug-likeness (QED) is 0.555. The standard InChI is InChI=1S/C23H22N4O/c1-23(2,3)18-12-10-17(11-13-18)21(28)26-20-19(16-8-5-4-6-9-16)25-22-24-14-7-15-27(20)22/h4-15H,1-3H3,(H,26,28). The molecule has 4 rings (SSSR count). The lowest BCUT2D eigenvalue weighted by Gasteiger charge is -2.19. The number of imidazole rings is 1. The van der Waals surface area contributed by atoms with Gasteiger partial charge in [0, 0.05) is 23.5 Å². The Morgan fingerprint density at radius 2 is 1.68 bits per heavy atom. The summed E-state index contributed by atoms with van der Waals surface area (Å²) in [6, 6.07) is 19.3. The molecule has 4 aromatic rings. The highest BCUT2D eigenvalue weighted by molar-refractivity contribution is 6.05. The highest BCUT2D eigenvalue weighted by Gasteiger charge is 2.19. The van der Waals surface area contributed by atoms with Crippen molar-refractivity contribution in [1.82, 2.24) is 14.4 Å². The van der Waals surface area contributed by atoms with Crippen LogP contribution in [0, 0.1) is 0 Å². The van der Waals surface area contributed by atoms with Crippen molar-refractivity contribution in [2.75, 3.05) is 5.32 Å². The molecule has 0 unspecified atom stereocenters. The van der Waals surface area contributed by atoms with Gasteiger partial charge in [-0.1, -0.05) is 63.2 Å². The molecule has 0 saturated heterocycles. The molecule has 2 aromatic heterocycles. The third kappa shape index (κ3) is 3.39. The smallest absolute Gasteiger partial charge is 0.256 e. The first-order valence-corrected chi connectivity index (χ1v) is 9.24. The Labute approximate surface area is 164 Å². The Morgan fingerprint density at radius 1 is 0.964 bits per heavy atom. The largest absolute Gasteiger partial charge is 0.306 e. The molecular weight excluding hydrogens is 348 g/mol. The highest BCUT2D eigenvalue weighted by Crippen LogP contribution is 2.28. The number of carbonyl (C=O) groups is 1. The van der Waals surface area contributed by atoms with E-state index < -0.39 is 0 Å². The third-order valence-electron chi connectivity index (χ3n) is 4.70. The van der Waals surface area contributed by atoms with Crippen LogP contribution in [0.25, 0.3) is 17.0 Å². The van der Waals surface area contributed by atoms with Gasteiger partial charge in [0.1, 0.15) is 11.5 Å². The predicted molar refractivity (Wildman–Crippen MR) is 112 cm³/mol. The lowest BCUT2D eigenvalue weighted by molar-refractivity contribution is 0.102. The average molecular weight is 370 g/mol.